The van der Waals surface area contributed by atoms with Gasteiger partial charge in [0.15, 0.2) is 11.6 Å². The maximum absolute atomic E-state index is 4.81. The molecule has 0 aliphatic rings. The zero-order valence-corrected chi connectivity index (χ0v) is 13.7. The van der Waals surface area contributed by atoms with E-state index in [1.54, 1.807) is 0 Å². The molecular formula is C20H23N3. The van der Waals surface area contributed by atoms with Gasteiger partial charge in [-0.05, 0) is 18.6 Å². The summed E-state index contributed by atoms with van der Waals surface area (Å²) in [5, 5.41) is 4.76. The van der Waals surface area contributed by atoms with Crippen molar-refractivity contribution >= 4 is 0 Å². The van der Waals surface area contributed by atoms with Crippen LogP contribution in [-0.4, -0.2) is 14.8 Å². The Kier molecular flexibility index (Phi) is 5.20. The van der Waals surface area contributed by atoms with Crippen LogP contribution in [0.4, 0.5) is 0 Å². The summed E-state index contributed by atoms with van der Waals surface area (Å²) < 4.78 is 1.96. The number of benzene rings is 2. The summed E-state index contributed by atoms with van der Waals surface area (Å²) in [6.45, 7) is 2.23. The van der Waals surface area contributed by atoms with Crippen molar-refractivity contribution < 1.29 is 0 Å². The second kappa shape index (κ2) is 7.73. The predicted molar refractivity (Wildman–Crippen MR) is 94.6 cm³/mol. The lowest BCUT2D eigenvalue weighted by Gasteiger charge is -2.05. The van der Waals surface area contributed by atoms with Gasteiger partial charge in [-0.15, -0.1) is 0 Å². The molecule has 0 aliphatic heterocycles. The number of rotatable bonds is 7. The summed E-state index contributed by atoms with van der Waals surface area (Å²) in [6, 6.07) is 20.5. The SMILES string of the molecule is CCCCCCc1nc(-c2ccccc2)n(-c2ccccc2)n1. The van der Waals surface area contributed by atoms with Gasteiger partial charge < -0.3 is 0 Å². The van der Waals surface area contributed by atoms with E-state index < -0.39 is 0 Å². The summed E-state index contributed by atoms with van der Waals surface area (Å²) in [5.74, 6) is 1.85. The zero-order valence-electron chi connectivity index (χ0n) is 13.7. The van der Waals surface area contributed by atoms with Crippen molar-refractivity contribution in [2.24, 2.45) is 0 Å². The minimum atomic E-state index is 0.919. The van der Waals surface area contributed by atoms with E-state index in [0.717, 1.165) is 35.7 Å². The maximum Gasteiger partial charge on any atom is 0.163 e. The standard InChI is InChI=1S/C20H23N3/c1-2-3-4-11-16-19-21-20(17-12-7-5-8-13-17)23(22-19)18-14-9-6-10-15-18/h5-10,12-15H,2-4,11,16H2,1H3. The van der Waals surface area contributed by atoms with E-state index in [1.807, 2.05) is 41.1 Å². The quantitative estimate of drug-likeness (QED) is 0.571. The Hall–Kier alpha value is -2.42. The second-order valence-corrected chi connectivity index (χ2v) is 5.78. The first-order valence-corrected chi connectivity index (χ1v) is 8.45. The second-order valence-electron chi connectivity index (χ2n) is 5.78. The normalized spacial score (nSPS) is 10.8. The average molecular weight is 305 g/mol. The Morgan fingerprint density at radius 1 is 0.826 bits per heavy atom. The van der Waals surface area contributed by atoms with Crippen LogP contribution < -0.4 is 0 Å². The predicted octanol–water partition coefficient (Wildman–Crippen LogP) is 5.06. The highest BCUT2D eigenvalue weighted by molar-refractivity contribution is 5.57. The first-order chi connectivity index (χ1) is 11.4. The van der Waals surface area contributed by atoms with Gasteiger partial charge in [-0.3, -0.25) is 0 Å². The molecule has 3 heteroatoms. The fourth-order valence-corrected chi connectivity index (χ4v) is 2.69. The van der Waals surface area contributed by atoms with Crippen molar-refractivity contribution in [1.29, 1.82) is 0 Å². The molecule has 0 saturated heterocycles. The Bertz CT molecular complexity index is 660. The van der Waals surface area contributed by atoms with E-state index in [-0.39, 0.29) is 0 Å². The minimum absolute atomic E-state index is 0.919. The maximum atomic E-state index is 4.81. The van der Waals surface area contributed by atoms with Gasteiger partial charge in [0.25, 0.3) is 0 Å². The first-order valence-electron chi connectivity index (χ1n) is 8.45. The molecule has 2 aromatic carbocycles. The van der Waals surface area contributed by atoms with E-state index >= 15 is 0 Å². The van der Waals surface area contributed by atoms with Crippen LogP contribution in [0.2, 0.25) is 0 Å². The molecule has 0 amide bonds. The number of aryl methyl sites for hydroxylation is 1. The number of hydrogen-bond acceptors (Lipinski definition) is 2. The zero-order chi connectivity index (χ0) is 15.9. The number of nitrogens with zero attached hydrogens (tertiary/aromatic N) is 3. The van der Waals surface area contributed by atoms with Crippen LogP contribution >= 0.6 is 0 Å². The molecule has 3 rings (SSSR count). The molecule has 0 unspecified atom stereocenters. The van der Waals surface area contributed by atoms with Gasteiger partial charge in [0.05, 0.1) is 5.69 Å². The highest BCUT2D eigenvalue weighted by atomic mass is 15.3. The summed E-state index contributed by atoms with van der Waals surface area (Å²) in [6.07, 6.45) is 5.88. The average Bonchev–Trinajstić information content (AvgIpc) is 3.05. The molecule has 3 nitrogen and oxygen atoms in total. The molecular weight excluding hydrogens is 282 g/mol. The number of hydrogen-bond donors (Lipinski definition) is 0. The highest BCUT2D eigenvalue weighted by Gasteiger charge is 2.13. The number of unbranched alkanes of at least 4 members (excludes halogenated alkanes) is 3. The summed E-state index contributed by atoms with van der Waals surface area (Å²) in [5.41, 5.74) is 2.15. The highest BCUT2D eigenvalue weighted by Crippen LogP contribution is 2.21. The van der Waals surface area contributed by atoms with Gasteiger partial charge >= 0.3 is 0 Å². The van der Waals surface area contributed by atoms with E-state index in [1.165, 1.54) is 19.3 Å². The third-order valence-corrected chi connectivity index (χ3v) is 3.94. The van der Waals surface area contributed by atoms with Crippen molar-refractivity contribution in [2.75, 3.05) is 0 Å². The molecule has 0 bridgehead atoms. The van der Waals surface area contributed by atoms with Gasteiger partial charge in [0.2, 0.25) is 0 Å². The molecule has 1 aromatic heterocycles. The Morgan fingerprint density at radius 2 is 1.52 bits per heavy atom. The minimum Gasteiger partial charge on any atom is -0.213 e. The van der Waals surface area contributed by atoms with E-state index in [0.29, 0.717) is 0 Å². The van der Waals surface area contributed by atoms with Crippen LogP contribution in [-0.2, 0) is 6.42 Å². The fraction of sp³-hybridized carbons (Fsp3) is 0.300. The molecule has 0 radical (unpaired) electrons. The van der Waals surface area contributed by atoms with Crippen LogP contribution in [0.3, 0.4) is 0 Å². The summed E-state index contributed by atoms with van der Waals surface area (Å²) in [4.78, 5) is 4.81. The Balaban J connectivity index is 1.91. The van der Waals surface area contributed by atoms with Crippen LogP contribution in [0.15, 0.2) is 60.7 Å². The first kappa shape index (κ1) is 15.5. The molecule has 0 spiro atoms. The largest absolute Gasteiger partial charge is 0.213 e. The number of para-hydroxylation sites is 1. The van der Waals surface area contributed by atoms with Gasteiger partial charge in [0.1, 0.15) is 0 Å². The molecule has 23 heavy (non-hydrogen) atoms. The van der Waals surface area contributed by atoms with Gasteiger partial charge in [-0.2, -0.15) is 5.10 Å². The van der Waals surface area contributed by atoms with E-state index in [2.05, 4.69) is 31.2 Å². The topological polar surface area (TPSA) is 30.7 Å². The lowest BCUT2D eigenvalue weighted by atomic mass is 10.1. The molecule has 118 valence electrons. The molecule has 0 saturated carbocycles. The van der Waals surface area contributed by atoms with Crippen LogP contribution in [0.1, 0.15) is 38.4 Å². The third kappa shape index (κ3) is 3.86. The molecule has 0 atom stereocenters. The van der Waals surface area contributed by atoms with E-state index in [9.17, 15) is 0 Å². The van der Waals surface area contributed by atoms with Crippen molar-refractivity contribution in [2.45, 2.75) is 39.0 Å². The van der Waals surface area contributed by atoms with Gasteiger partial charge in [-0.25, -0.2) is 9.67 Å². The summed E-state index contributed by atoms with van der Waals surface area (Å²) >= 11 is 0. The molecule has 1 heterocycles. The van der Waals surface area contributed by atoms with Crippen LogP contribution in [0, 0.1) is 0 Å². The van der Waals surface area contributed by atoms with Crippen molar-refractivity contribution in [3.05, 3.63) is 66.5 Å². The fourth-order valence-electron chi connectivity index (χ4n) is 2.69. The molecule has 0 N–H and O–H groups in total. The molecule has 0 aliphatic carbocycles. The monoisotopic (exact) mass is 305 g/mol. The van der Waals surface area contributed by atoms with Crippen LogP contribution in [0.25, 0.3) is 17.1 Å². The number of aromatic nitrogens is 3. The van der Waals surface area contributed by atoms with Gasteiger partial charge in [-0.1, -0.05) is 74.7 Å². The molecule has 3 aromatic rings. The van der Waals surface area contributed by atoms with Gasteiger partial charge in [0, 0.05) is 12.0 Å². The lowest BCUT2D eigenvalue weighted by Crippen LogP contribution is -1.99. The smallest absolute Gasteiger partial charge is 0.163 e. The molecule has 0 fully saturated rings. The van der Waals surface area contributed by atoms with E-state index in [4.69, 9.17) is 10.1 Å². The van der Waals surface area contributed by atoms with Crippen molar-refractivity contribution in [1.82, 2.24) is 14.8 Å². The van der Waals surface area contributed by atoms with Crippen molar-refractivity contribution in [3.8, 4) is 17.1 Å². The lowest BCUT2D eigenvalue weighted by molar-refractivity contribution is 0.650. The van der Waals surface area contributed by atoms with Crippen molar-refractivity contribution in [3.63, 3.8) is 0 Å². The summed E-state index contributed by atoms with van der Waals surface area (Å²) in [7, 11) is 0. The third-order valence-electron chi connectivity index (χ3n) is 3.94. The Morgan fingerprint density at radius 3 is 2.22 bits per heavy atom. The Labute approximate surface area is 138 Å². The van der Waals surface area contributed by atoms with Crippen LogP contribution in [0.5, 0.6) is 0 Å².